The Labute approximate surface area is 203 Å². The van der Waals surface area contributed by atoms with E-state index in [0.29, 0.717) is 42.7 Å². The first-order valence-electron chi connectivity index (χ1n) is 11.3. The van der Waals surface area contributed by atoms with Crippen molar-refractivity contribution in [2.24, 2.45) is 5.92 Å². The number of carboxylic acid groups (broad SMARTS) is 1. The van der Waals surface area contributed by atoms with Gasteiger partial charge in [-0.15, -0.1) is 11.3 Å². The highest BCUT2D eigenvalue weighted by Gasteiger charge is 2.28. The molecule has 6 nitrogen and oxygen atoms in total. The van der Waals surface area contributed by atoms with Gasteiger partial charge in [0.25, 0.3) is 0 Å². The molecule has 2 atom stereocenters. The van der Waals surface area contributed by atoms with Gasteiger partial charge in [-0.05, 0) is 76.3 Å². The van der Waals surface area contributed by atoms with E-state index in [1.807, 2.05) is 37.1 Å². The highest BCUT2D eigenvalue weighted by Crippen LogP contribution is 2.37. The number of halogens is 2. The van der Waals surface area contributed by atoms with Crippen LogP contribution in [0.25, 0.3) is 10.6 Å². The van der Waals surface area contributed by atoms with Crippen molar-refractivity contribution < 1.29 is 23.8 Å². The van der Waals surface area contributed by atoms with Crippen LogP contribution >= 0.6 is 22.9 Å². The summed E-state index contributed by atoms with van der Waals surface area (Å²) in [6.07, 6.45) is 4.22. The number of aryl methyl sites for hydroxylation is 1. The van der Waals surface area contributed by atoms with Gasteiger partial charge in [0.15, 0.2) is 0 Å². The normalized spacial score (nSPS) is 18.6. The van der Waals surface area contributed by atoms with Gasteiger partial charge in [0.05, 0.1) is 52.6 Å². The predicted molar refractivity (Wildman–Crippen MR) is 129 cm³/mol. The van der Waals surface area contributed by atoms with Gasteiger partial charge in [-0.3, -0.25) is 14.1 Å². The van der Waals surface area contributed by atoms with Crippen LogP contribution in [0.3, 0.4) is 0 Å². The molecule has 2 heterocycles. The van der Waals surface area contributed by atoms with E-state index in [4.69, 9.17) is 26.1 Å². The van der Waals surface area contributed by atoms with Gasteiger partial charge in [-0.2, -0.15) is 0 Å². The molecule has 0 radical (unpaired) electrons. The summed E-state index contributed by atoms with van der Waals surface area (Å²) >= 11 is 7.76. The summed E-state index contributed by atoms with van der Waals surface area (Å²) < 4.78 is 24.9. The third kappa shape index (κ3) is 7.64. The maximum Gasteiger partial charge on any atom is 0.306 e. The van der Waals surface area contributed by atoms with E-state index in [2.05, 4.69) is 0 Å². The first-order chi connectivity index (χ1) is 15.9. The second-order valence-electron chi connectivity index (χ2n) is 8.58. The predicted octanol–water partition coefficient (Wildman–Crippen LogP) is 5.95. The number of hydrogen-bond donors (Lipinski definition) is 1. The number of carboxylic acids is 1. The maximum atomic E-state index is 12.2. The van der Waals surface area contributed by atoms with E-state index in [1.165, 1.54) is 11.3 Å². The number of ether oxygens (including phenoxy) is 2. The van der Waals surface area contributed by atoms with Crippen molar-refractivity contribution in [1.29, 1.82) is 0 Å². The lowest BCUT2D eigenvalue weighted by Gasteiger charge is -2.27. The summed E-state index contributed by atoms with van der Waals surface area (Å²) in [7, 11) is 1.95. The standard InChI is InChI=1S/C24H32ClFN2O4S/c1-16-21(32-19-7-5-6-17(12-19)24(29)30)9-8-20(27-16)23-18(13-22(25)33-23)14-31-15-28(2)11-4-3-10-26/h8-9,13,17,19H,3-7,10-12,14-15H2,1-2H3,(H,29,30)/t17-,19-/m0/s1. The Morgan fingerprint density at radius 1 is 1.36 bits per heavy atom. The van der Waals surface area contributed by atoms with Gasteiger partial charge in [0.1, 0.15) is 5.75 Å². The Kier molecular flexibility index (Phi) is 9.92. The van der Waals surface area contributed by atoms with Gasteiger partial charge >= 0.3 is 5.97 Å². The van der Waals surface area contributed by atoms with Crippen LogP contribution in [0.5, 0.6) is 5.75 Å². The molecule has 1 fully saturated rings. The number of thiophene rings is 1. The van der Waals surface area contributed by atoms with Crippen LogP contribution in [0, 0.1) is 12.8 Å². The Morgan fingerprint density at radius 2 is 2.18 bits per heavy atom. The molecule has 1 N–H and O–H groups in total. The average Bonchev–Trinajstić information content (AvgIpc) is 3.16. The fourth-order valence-electron chi connectivity index (χ4n) is 4.03. The number of aromatic nitrogens is 1. The largest absolute Gasteiger partial charge is 0.489 e. The average molecular weight is 499 g/mol. The highest BCUT2D eigenvalue weighted by atomic mass is 35.5. The van der Waals surface area contributed by atoms with Crippen molar-refractivity contribution in [3.05, 3.63) is 33.8 Å². The van der Waals surface area contributed by atoms with Crippen molar-refractivity contribution in [2.45, 2.75) is 58.2 Å². The number of unbranched alkanes of at least 4 members (excludes halogenated alkanes) is 1. The molecule has 1 saturated carbocycles. The topological polar surface area (TPSA) is 71.9 Å². The molecule has 0 bridgehead atoms. The van der Waals surface area contributed by atoms with Crippen LogP contribution < -0.4 is 4.74 Å². The highest BCUT2D eigenvalue weighted by molar-refractivity contribution is 7.19. The summed E-state index contributed by atoms with van der Waals surface area (Å²) in [5, 5.41) is 9.30. The number of hydrogen-bond acceptors (Lipinski definition) is 6. The van der Waals surface area contributed by atoms with Crippen LogP contribution in [0.4, 0.5) is 4.39 Å². The van der Waals surface area contributed by atoms with Crippen LogP contribution in [-0.4, -0.2) is 54.1 Å². The maximum absolute atomic E-state index is 12.2. The van der Waals surface area contributed by atoms with E-state index >= 15 is 0 Å². The molecule has 1 aliphatic rings. The van der Waals surface area contributed by atoms with Crippen LogP contribution in [0.2, 0.25) is 4.34 Å². The van der Waals surface area contributed by atoms with Gasteiger partial charge in [0, 0.05) is 6.54 Å². The fraction of sp³-hybridized carbons (Fsp3) is 0.583. The lowest BCUT2D eigenvalue weighted by molar-refractivity contribution is -0.143. The molecule has 0 spiro atoms. The van der Waals surface area contributed by atoms with Crippen molar-refractivity contribution in [1.82, 2.24) is 9.88 Å². The van der Waals surface area contributed by atoms with Crippen molar-refractivity contribution in [2.75, 3.05) is 27.0 Å². The van der Waals surface area contributed by atoms with E-state index in [9.17, 15) is 14.3 Å². The molecule has 0 aliphatic heterocycles. The molecule has 0 saturated heterocycles. The molecule has 2 aromatic heterocycles. The van der Waals surface area contributed by atoms with Gasteiger partial charge in [-0.25, -0.2) is 4.98 Å². The van der Waals surface area contributed by atoms with Crippen LogP contribution in [-0.2, 0) is 16.1 Å². The Hall–Kier alpha value is -1.74. The van der Waals surface area contributed by atoms with Crippen molar-refractivity contribution >= 4 is 28.9 Å². The molecule has 0 amide bonds. The Balaban J connectivity index is 1.62. The minimum Gasteiger partial charge on any atom is -0.489 e. The monoisotopic (exact) mass is 498 g/mol. The van der Waals surface area contributed by atoms with E-state index in [0.717, 1.165) is 47.6 Å². The quantitative estimate of drug-likeness (QED) is 0.288. The van der Waals surface area contributed by atoms with Crippen molar-refractivity contribution in [3.63, 3.8) is 0 Å². The summed E-state index contributed by atoms with van der Waals surface area (Å²) in [6, 6.07) is 5.72. The Morgan fingerprint density at radius 3 is 2.91 bits per heavy atom. The zero-order valence-electron chi connectivity index (χ0n) is 19.2. The summed E-state index contributed by atoms with van der Waals surface area (Å²) in [6.45, 7) is 3.26. The third-order valence-electron chi connectivity index (χ3n) is 5.81. The fourth-order valence-corrected chi connectivity index (χ4v) is 5.25. The van der Waals surface area contributed by atoms with E-state index < -0.39 is 5.97 Å². The van der Waals surface area contributed by atoms with Crippen LogP contribution in [0.15, 0.2) is 18.2 Å². The van der Waals surface area contributed by atoms with E-state index in [-0.39, 0.29) is 18.7 Å². The SMILES string of the molecule is Cc1nc(-c2sc(Cl)cc2COCN(C)CCCCF)ccc1O[C@H]1CCC[C@H](C(=O)O)C1. The molecule has 0 aromatic carbocycles. The number of pyridine rings is 1. The molecule has 1 aliphatic carbocycles. The van der Waals surface area contributed by atoms with Crippen molar-refractivity contribution in [3.8, 4) is 16.3 Å². The third-order valence-corrected chi connectivity index (χ3v) is 7.14. The molecule has 0 unspecified atom stereocenters. The number of nitrogens with zero attached hydrogens (tertiary/aromatic N) is 2. The number of aliphatic carboxylic acids is 1. The minimum atomic E-state index is -0.747. The lowest BCUT2D eigenvalue weighted by atomic mass is 9.87. The number of alkyl halides is 1. The summed E-state index contributed by atoms with van der Waals surface area (Å²) in [5.41, 5.74) is 2.53. The van der Waals surface area contributed by atoms with Gasteiger partial charge < -0.3 is 14.6 Å². The van der Waals surface area contributed by atoms with Gasteiger partial charge in [0.2, 0.25) is 0 Å². The summed E-state index contributed by atoms with van der Waals surface area (Å²) in [5.74, 6) is -0.399. The van der Waals surface area contributed by atoms with Gasteiger partial charge in [-0.1, -0.05) is 11.6 Å². The molecular weight excluding hydrogens is 467 g/mol. The first kappa shape index (κ1) is 25.9. The second-order valence-corrected chi connectivity index (χ2v) is 10.3. The Bertz CT molecular complexity index is 926. The van der Waals surface area contributed by atoms with E-state index in [1.54, 1.807) is 0 Å². The molecule has 182 valence electrons. The number of carbonyl (C=O) groups is 1. The summed E-state index contributed by atoms with van der Waals surface area (Å²) in [4.78, 5) is 19.0. The zero-order valence-corrected chi connectivity index (χ0v) is 20.8. The lowest BCUT2D eigenvalue weighted by Crippen LogP contribution is -2.29. The molecular formula is C24H32ClFN2O4S. The van der Waals surface area contributed by atoms with Crippen LogP contribution in [0.1, 0.15) is 49.8 Å². The molecule has 2 aromatic rings. The zero-order chi connectivity index (χ0) is 23.8. The molecule has 9 heteroatoms. The molecule has 3 rings (SSSR count). The molecule has 33 heavy (non-hydrogen) atoms. The minimum absolute atomic E-state index is 0.103. The second kappa shape index (κ2) is 12.6. The first-order valence-corrected chi connectivity index (χ1v) is 12.5. The number of rotatable bonds is 12. The smallest absolute Gasteiger partial charge is 0.306 e.